The average Bonchev–Trinajstić information content (AvgIpc) is 2.37. The Morgan fingerprint density at radius 1 is 1.33 bits per heavy atom. The van der Waals surface area contributed by atoms with Crippen LogP contribution in [0.2, 0.25) is 0 Å². The summed E-state index contributed by atoms with van der Waals surface area (Å²) in [7, 11) is 0. The lowest BCUT2D eigenvalue weighted by Gasteiger charge is -2.10. The van der Waals surface area contributed by atoms with E-state index in [2.05, 4.69) is 44.3 Å². The second-order valence-corrected chi connectivity index (χ2v) is 5.98. The van der Waals surface area contributed by atoms with Crippen LogP contribution in [0.1, 0.15) is 32.8 Å². The highest BCUT2D eigenvalue weighted by atomic mass is 32.2. The number of thioether (sulfide) groups is 1. The van der Waals surface area contributed by atoms with E-state index in [1.807, 2.05) is 17.8 Å². The zero-order valence-corrected chi connectivity index (χ0v) is 12.6. The summed E-state index contributed by atoms with van der Waals surface area (Å²) in [5.41, 5.74) is 1.28. The summed E-state index contributed by atoms with van der Waals surface area (Å²) in [6.07, 6.45) is 1.12. The van der Waals surface area contributed by atoms with E-state index in [1.165, 1.54) is 17.1 Å². The van der Waals surface area contributed by atoms with E-state index < -0.39 is 0 Å². The van der Waals surface area contributed by atoms with E-state index in [4.69, 9.17) is 4.74 Å². The third kappa shape index (κ3) is 6.92. The minimum Gasteiger partial charge on any atom is -0.494 e. The minimum atomic E-state index is 0.514. The van der Waals surface area contributed by atoms with E-state index >= 15 is 0 Å². The smallest absolute Gasteiger partial charge is 0.119 e. The first-order valence-corrected chi connectivity index (χ1v) is 7.90. The fourth-order valence-electron chi connectivity index (χ4n) is 1.56. The second-order valence-electron chi connectivity index (χ2n) is 4.58. The molecule has 0 heterocycles. The van der Waals surface area contributed by atoms with Gasteiger partial charge in [-0.3, -0.25) is 0 Å². The Kier molecular flexibility index (Phi) is 7.94. The molecule has 0 aliphatic heterocycles. The Hall–Kier alpha value is -0.670. The lowest BCUT2D eigenvalue weighted by molar-refractivity contribution is 0.318. The molecule has 0 aliphatic rings. The third-order valence-corrected chi connectivity index (χ3v) is 3.50. The third-order valence-electron chi connectivity index (χ3n) is 2.52. The van der Waals surface area contributed by atoms with Gasteiger partial charge >= 0.3 is 0 Å². The molecule has 0 aromatic heterocycles. The number of benzene rings is 1. The Morgan fingerprint density at radius 2 is 2.17 bits per heavy atom. The van der Waals surface area contributed by atoms with Crippen LogP contribution in [0.5, 0.6) is 5.75 Å². The quantitative estimate of drug-likeness (QED) is 0.689. The van der Waals surface area contributed by atoms with Crippen LogP contribution in [-0.2, 0) is 6.54 Å². The van der Waals surface area contributed by atoms with Crippen molar-refractivity contribution in [2.75, 3.05) is 18.1 Å². The van der Waals surface area contributed by atoms with Crippen molar-refractivity contribution in [3.63, 3.8) is 0 Å². The number of hydrogen-bond acceptors (Lipinski definition) is 3. The number of ether oxygens (including phenoxy) is 1. The summed E-state index contributed by atoms with van der Waals surface area (Å²) in [6, 6.07) is 8.87. The Bertz CT molecular complexity index is 328. The lowest BCUT2D eigenvalue weighted by atomic mass is 10.2. The van der Waals surface area contributed by atoms with Gasteiger partial charge in [0.05, 0.1) is 6.61 Å². The van der Waals surface area contributed by atoms with E-state index in [9.17, 15) is 0 Å². The zero-order valence-electron chi connectivity index (χ0n) is 11.7. The van der Waals surface area contributed by atoms with Gasteiger partial charge in [0.2, 0.25) is 0 Å². The van der Waals surface area contributed by atoms with Crippen molar-refractivity contribution in [1.82, 2.24) is 5.32 Å². The molecule has 1 aromatic carbocycles. The summed E-state index contributed by atoms with van der Waals surface area (Å²) < 4.78 is 5.76. The maximum absolute atomic E-state index is 5.76. The topological polar surface area (TPSA) is 21.3 Å². The Labute approximate surface area is 116 Å². The van der Waals surface area contributed by atoms with Crippen molar-refractivity contribution in [1.29, 1.82) is 0 Å². The summed E-state index contributed by atoms with van der Waals surface area (Å²) in [5.74, 6) is 3.36. The van der Waals surface area contributed by atoms with Crippen LogP contribution < -0.4 is 10.1 Å². The maximum Gasteiger partial charge on any atom is 0.119 e. The number of nitrogens with one attached hydrogen (secondary N) is 1. The maximum atomic E-state index is 5.76. The lowest BCUT2D eigenvalue weighted by Crippen LogP contribution is -2.21. The monoisotopic (exact) mass is 267 g/mol. The summed E-state index contributed by atoms with van der Waals surface area (Å²) in [5, 5.41) is 3.41. The number of hydrogen-bond donors (Lipinski definition) is 1. The summed E-state index contributed by atoms with van der Waals surface area (Å²) in [4.78, 5) is 0. The minimum absolute atomic E-state index is 0.514. The molecule has 102 valence electrons. The van der Waals surface area contributed by atoms with Gasteiger partial charge in [-0.15, -0.1) is 0 Å². The Balaban J connectivity index is 2.30. The second kappa shape index (κ2) is 9.29. The van der Waals surface area contributed by atoms with Crippen LogP contribution in [0.4, 0.5) is 0 Å². The van der Waals surface area contributed by atoms with Crippen molar-refractivity contribution >= 4 is 11.8 Å². The Morgan fingerprint density at radius 3 is 2.89 bits per heavy atom. The molecular weight excluding hydrogens is 242 g/mol. The fourth-order valence-corrected chi connectivity index (χ4v) is 2.17. The zero-order chi connectivity index (χ0) is 13.2. The van der Waals surface area contributed by atoms with Gasteiger partial charge < -0.3 is 10.1 Å². The molecule has 1 N–H and O–H groups in total. The molecule has 0 saturated carbocycles. The molecule has 2 nitrogen and oxygen atoms in total. The van der Waals surface area contributed by atoms with Gasteiger partial charge in [0.15, 0.2) is 0 Å². The van der Waals surface area contributed by atoms with Crippen molar-refractivity contribution < 1.29 is 4.74 Å². The summed E-state index contributed by atoms with van der Waals surface area (Å²) >= 11 is 1.97. The standard InChI is InChI=1S/C15H25NOS/c1-4-18-10-6-9-17-15-8-5-7-14(11-15)12-16-13(2)3/h5,7-8,11,13,16H,4,6,9-10,12H2,1-3H3. The van der Waals surface area contributed by atoms with Crippen LogP contribution >= 0.6 is 11.8 Å². The molecule has 0 radical (unpaired) electrons. The molecule has 0 spiro atoms. The fraction of sp³-hybridized carbons (Fsp3) is 0.600. The van der Waals surface area contributed by atoms with E-state index in [0.717, 1.165) is 25.3 Å². The SMILES string of the molecule is CCSCCCOc1cccc(CNC(C)C)c1. The van der Waals surface area contributed by atoms with Crippen molar-refractivity contribution in [3.05, 3.63) is 29.8 Å². The van der Waals surface area contributed by atoms with Crippen LogP contribution in [0.15, 0.2) is 24.3 Å². The molecule has 3 heteroatoms. The van der Waals surface area contributed by atoms with Gasteiger partial charge in [-0.25, -0.2) is 0 Å². The normalized spacial score (nSPS) is 10.9. The first-order chi connectivity index (χ1) is 8.72. The molecule has 0 bridgehead atoms. The molecule has 0 amide bonds. The van der Waals surface area contributed by atoms with Crippen LogP contribution in [0.3, 0.4) is 0 Å². The van der Waals surface area contributed by atoms with Gasteiger partial charge in [-0.1, -0.05) is 32.9 Å². The molecule has 0 saturated heterocycles. The van der Waals surface area contributed by atoms with E-state index in [0.29, 0.717) is 6.04 Å². The van der Waals surface area contributed by atoms with Crippen LogP contribution in [0.25, 0.3) is 0 Å². The molecule has 18 heavy (non-hydrogen) atoms. The molecule has 0 fully saturated rings. The van der Waals surface area contributed by atoms with Crippen molar-refractivity contribution in [3.8, 4) is 5.75 Å². The first-order valence-electron chi connectivity index (χ1n) is 6.75. The predicted molar refractivity (Wildman–Crippen MR) is 81.5 cm³/mol. The van der Waals surface area contributed by atoms with E-state index in [-0.39, 0.29) is 0 Å². The van der Waals surface area contributed by atoms with Gasteiger partial charge in [0.25, 0.3) is 0 Å². The molecule has 0 atom stereocenters. The van der Waals surface area contributed by atoms with Gasteiger partial charge in [0, 0.05) is 12.6 Å². The van der Waals surface area contributed by atoms with Gasteiger partial charge in [0.1, 0.15) is 5.75 Å². The molecule has 0 unspecified atom stereocenters. The van der Waals surface area contributed by atoms with Crippen LogP contribution in [0, 0.1) is 0 Å². The molecule has 1 aromatic rings. The summed E-state index contributed by atoms with van der Waals surface area (Å²) in [6.45, 7) is 8.23. The first kappa shape index (κ1) is 15.4. The molecule has 0 aliphatic carbocycles. The predicted octanol–water partition coefficient (Wildman–Crippen LogP) is 3.71. The van der Waals surface area contributed by atoms with E-state index in [1.54, 1.807) is 0 Å². The number of rotatable bonds is 9. The highest BCUT2D eigenvalue weighted by Gasteiger charge is 1.98. The highest BCUT2D eigenvalue weighted by molar-refractivity contribution is 7.99. The van der Waals surface area contributed by atoms with Crippen molar-refractivity contribution in [2.45, 2.75) is 39.8 Å². The van der Waals surface area contributed by atoms with Crippen LogP contribution in [-0.4, -0.2) is 24.2 Å². The van der Waals surface area contributed by atoms with Crippen molar-refractivity contribution in [2.24, 2.45) is 0 Å². The highest BCUT2D eigenvalue weighted by Crippen LogP contribution is 2.14. The largest absolute Gasteiger partial charge is 0.494 e. The average molecular weight is 267 g/mol. The molecule has 1 rings (SSSR count). The molecular formula is C15H25NOS. The van der Waals surface area contributed by atoms with Gasteiger partial charge in [-0.05, 0) is 35.6 Å². The van der Waals surface area contributed by atoms with Gasteiger partial charge in [-0.2, -0.15) is 11.8 Å².